The third kappa shape index (κ3) is 2.43. The van der Waals surface area contributed by atoms with E-state index in [4.69, 9.17) is 0 Å². The van der Waals surface area contributed by atoms with E-state index in [-0.39, 0.29) is 24.7 Å². The van der Waals surface area contributed by atoms with Crippen LogP contribution in [0.25, 0.3) is 11.0 Å². The molecule has 0 bridgehead atoms. The lowest BCUT2D eigenvalue weighted by Crippen LogP contribution is -2.50. The van der Waals surface area contributed by atoms with Crippen molar-refractivity contribution in [1.29, 1.82) is 0 Å². The van der Waals surface area contributed by atoms with Gasteiger partial charge in [0.1, 0.15) is 0 Å². The molecule has 0 radical (unpaired) electrons. The number of nitrogens with zero attached hydrogens (tertiary/aromatic N) is 2. The van der Waals surface area contributed by atoms with Gasteiger partial charge in [-0.1, -0.05) is 12.1 Å². The van der Waals surface area contributed by atoms with Crippen molar-refractivity contribution < 1.29 is 9.18 Å². The maximum Gasteiger partial charge on any atom is 0.326 e. The van der Waals surface area contributed by atoms with Gasteiger partial charge in [-0.15, -0.1) is 0 Å². The summed E-state index contributed by atoms with van der Waals surface area (Å²) in [7, 11) is 0. The molecule has 0 saturated carbocycles. The fraction of sp³-hybridized carbons (Fsp3) is 0.529. The number of benzene rings is 1. The Hall–Kier alpha value is -2.15. The Balaban J connectivity index is 1.51. The summed E-state index contributed by atoms with van der Waals surface area (Å²) in [4.78, 5) is 29.2. The summed E-state index contributed by atoms with van der Waals surface area (Å²) in [6.45, 7) is 1.62. The van der Waals surface area contributed by atoms with E-state index in [0.717, 1.165) is 11.0 Å². The van der Waals surface area contributed by atoms with Crippen LogP contribution >= 0.6 is 0 Å². The Kier molecular flexibility index (Phi) is 3.68. The summed E-state index contributed by atoms with van der Waals surface area (Å²) in [5, 5.41) is 2.92. The molecule has 1 amide bonds. The van der Waals surface area contributed by atoms with Crippen LogP contribution in [-0.2, 0) is 4.79 Å². The molecule has 1 aromatic heterocycles. The molecule has 1 unspecified atom stereocenters. The number of hydrogen-bond acceptors (Lipinski definition) is 3. The SMILES string of the molecule is O=C(N1CCC(n2c(=O)[nH]c3ccccc32)CC1)C1(F)CCNC1. The van der Waals surface area contributed by atoms with Crippen molar-refractivity contribution in [1.82, 2.24) is 19.8 Å². The molecule has 0 aliphatic carbocycles. The van der Waals surface area contributed by atoms with Crippen LogP contribution in [0.15, 0.2) is 29.1 Å². The van der Waals surface area contributed by atoms with Crippen LogP contribution in [0.4, 0.5) is 4.39 Å². The quantitative estimate of drug-likeness (QED) is 0.868. The highest BCUT2D eigenvalue weighted by Gasteiger charge is 2.44. The maximum atomic E-state index is 14.6. The first kappa shape index (κ1) is 15.4. The molecule has 2 N–H and O–H groups in total. The highest BCUT2D eigenvalue weighted by atomic mass is 19.1. The topological polar surface area (TPSA) is 70.1 Å². The second kappa shape index (κ2) is 5.73. The fourth-order valence-electron chi connectivity index (χ4n) is 3.89. The van der Waals surface area contributed by atoms with Gasteiger partial charge in [0.05, 0.1) is 11.0 Å². The number of fused-ring (bicyclic) bond motifs is 1. The number of carbonyl (C=O) groups excluding carboxylic acids is 1. The zero-order chi connectivity index (χ0) is 16.7. The van der Waals surface area contributed by atoms with Crippen LogP contribution in [0.5, 0.6) is 0 Å². The monoisotopic (exact) mass is 332 g/mol. The molecule has 7 heteroatoms. The third-order valence-corrected chi connectivity index (χ3v) is 5.23. The lowest BCUT2D eigenvalue weighted by atomic mass is 9.99. The predicted molar refractivity (Wildman–Crippen MR) is 88.7 cm³/mol. The van der Waals surface area contributed by atoms with Gasteiger partial charge in [-0.25, -0.2) is 9.18 Å². The van der Waals surface area contributed by atoms with Crippen LogP contribution in [0.3, 0.4) is 0 Å². The van der Waals surface area contributed by atoms with Crippen molar-refractivity contribution in [3.8, 4) is 0 Å². The number of amides is 1. The van der Waals surface area contributed by atoms with E-state index in [2.05, 4.69) is 10.3 Å². The molecule has 3 heterocycles. The van der Waals surface area contributed by atoms with Crippen molar-refractivity contribution in [3.63, 3.8) is 0 Å². The number of aromatic amines is 1. The van der Waals surface area contributed by atoms with E-state index in [1.165, 1.54) is 0 Å². The van der Waals surface area contributed by atoms with Gasteiger partial charge in [-0.05, 0) is 31.5 Å². The van der Waals surface area contributed by atoms with E-state index < -0.39 is 11.6 Å². The van der Waals surface area contributed by atoms with Gasteiger partial charge in [0.25, 0.3) is 5.91 Å². The standard InChI is InChI=1S/C17H21FN4O2/c18-17(7-8-19-11-17)15(23)21-9-5-12(6-10-21)22-14-4-2-1-3-13(14)20-16(22)24/h1-4,12,19H,5-11H2,(H,20,24). The minimum atomic E-state index is -1.76. The Labute approximate surface area is 138 Å². The summed E-state index contributed by atoms with van der Waals surface area (Å²) in [5.41, 5.74) is -0.178. The second-order valence-electron chi connectivity index (χ2n) is 6.73. The minimum Gasteiger partial charge on any atom is -0.340 e. The first-order valence-electron chi connectivity index (χ1n) is 8.47. The van der Waals surface area contributed by atoms with Gasteiger partial charge in [-0.3, -0.25) is 9.36 Å². The van der Waals surface area contributed by atoms with Gasteiger partial charge >= 0.3 is 5.69 Å². The van der Waals surface area contributed by atoms with Crippen molar-refractivity contribution >= 4 is 16.9 Å². The molecule has 24 heavy (non-hydrogen) atoms. The number of likely N-dealkylation sites (tertiary alicyclic amines) is 1. The molecule has 2 saturated heterocycles. The van der Waals surface area contributed by atoms with Crippen LogP contribution in [-0.4, -0.2) is 52.2 Å². The van der Waals surface area contributed by atoms with Crippen molar-refractivity contribution in [2.24, 2.45) is 0 Å². The molecule has 2 aliphatic heterocycles. The molecule has 0 spiro atoms. The van der Waals surface area contributed by atoms with Crippen LogP contribution < -0.4 is 11.0 Å². The van der Waals surface area contributed by atoms with Gasteiger partial charge in [-0.2, -0.15) is 0 Å². The molecule has 6 nitrogen and oxygen atoms in total. The molecule has 4 rings (SSSR count). The number of piperidine rings is 1. The Morgan fingerprint density at radius 3 is 2.71 bits per heavy atom. The number of aromatic nitrogens is 2. The molecule has 2 fully saturated rings. The maximum absolute atomic E-state index is 14.6. The predicted octanol–water partition coefficient (Wildman–Crippen LogP) is 1.19. The normalized spacial score (nSPS) is 25.5. The highest BCUT2D eigenvalue weighted by Crippen LogP contribution is 2.29. The molecule has 2 aromatic rings. The average Bonchev–Trinajstić information content (AvgIpc) is 3.18. The number of H-pyrrole nitrogens is 1. The van der Waals surface area contributed by atoms with E-state index >= 15 is 0 Å². The lowest BCUT2D eigenvalue weighted by Gasteiger charge is -2.35. The van der Waals surface area contributed by atoms with Gasteiger partial charge in [0.2, 0.25) is 5.67 Å². The largest absolute Gasteiger partial charge is 0.340 e. The number of halogens is 1. The Morgan fingerprint density at radius 2 is 2.00 bits per heavy atom. The molecule has 1 aromatic carbocycles. The number of imidazole rings is 1. The zero-order valence-corrected chi connectivity index (χ0v) is 13.4. The number of rotatable bonds is 2. The first-order chi connectivity index (χ1) is 11.6. The molecular formula is C17H21FN4O2. The van der Waals surface area contributed by atoms with Crippen molar-refractivity contribution in [3.05, 3.63) is 34.7 Å². The first-order valence-corrected chi connectivity index (χ1v) is 8.47. The Bertz CT molecular complexity index is 813. The van der Waals surface area contributed by atoms with Crippen LogP contribution in [0, 0.1) is 0 Å². The summed E-state index contributed by atoms with van der Waals surface area (Å²) in [5.74, 6) is -0.405. The second-order valence-corrected chi connectivity index (χ2v) is 6.73. The van der Waals surface area contributed by atoms with E-state index in [9.17, 15) is 14.0 Å². The van der Waals surface area contributed by atoms with Gasteiger partial charge in [0, 0.05) is 32.1 Å². The summed E-state index contributed by atoms with van der Waals surface area (Å²) in [6.07, 6.45) is 1.57. The van der Waals surface area contributed by atoms with E-state index in [0.29, 0.717) is 32.5 Å². The van der Waals surface area contributed by atoms with Crippen LogP contribution in [0.1, 0.15) is 25.3 Å². The third-order valence-electron chi connectivity index (χ3n) is 5.23. The number of nitrogens with one attached hydrogen (secondary N) is 2. The molecular weight excluding hydrogens is 311 g/mol. The molecule has 128 valence electrons. The molecule has 2 aliphatic rings. The number of carbonyl (C=O) groups is 1. The number of para-hydroxylation sites is 2. The zero-order valence-electron chi connectivity index (χ0n) is 13.4. The van der Waals surface area contributed by atoms with Gasteiger partial charge < -0.3 is 15.2 Å². The average molecular weight is 332 g/mol. The van der Waals surface area contributed by atoms with Crippen molar-refractivity contribution in [2.45, 2.75) is 31.0 Å². The number of hydrogen-bond donors (Lipinski definition) is 2. The van der Waals surface area contributed by atoms with Crippen molar-refractivity contribution in [2.75, 3.05) is 26.2 Å². The fourth-order valence-corrected chi connectivity index (χ4v) is 3.89. The lowest BCUT2D eigenvalue weighted by molar-refractivity contribution is -0.144. The van der Waals surface area contributed by atoms with Crippen LogP contribution in [0.2, 0.25) is 0 Å². The smallest absolute Gasteiger partial charge is 0.326 e. The Morgan fingerprint density at radius 1 is 1.25 bits per heavy atom. The highest BCUT2D eigenvalue weighted by molar-refractivity contribution is 5.86. The van der Waals surface area contributed by atoms with E-state index in [1.54, 1.807) is 9.47 Å². The molecule has 1 atom stereocenters. The summed E-state index contributed by atoms with van der Waals surface area (Å²) < 4.78 is 16.4. The van der Waals surface area contributed by atoms with E-state index in [1.807, 2.05) is 24.3 Å². The summed E-state index contributed by atoms with van der Waals surface area (Å²) in [6, 6.07) is 7.64. The minimum absolute atomic E-state index is 0.0370. The summed E-state index contributed by atoms with van der Waals surface area (Å²) >= 11 is 0. The number of alkyl halides is 1. The van der Waals surface area contributed by atoms with Gasteiger partial charge in [0.15, 0.2) is 0 Å².